The molecule has 0 radical (unpaired) electrons. The van der Waals surface area contributed by atoms with Gasteiger partial charge in [-0.25, -0.2) is 4.39 Å². The normalized spacial score (nSPS) is 10.8. The monoisotopic (exact) mass is 203 g/mol. The Hall–Kier alpha value is -0.600. The standard InChI is InChI=1S/C10H14FN.ClH/c1-7-8(10(2,3)12)5-4-6-9(7)11;/h4-6H,12H2,1-3H3;1H. The van der Waals surface area contributed by atoms with Crippen LogP contribution in [0.2, 0.25) is 0 Å². The van der Waals surface area contributed by atoms with Gasteiger partial charge in [0, 0.05) is 5.54 Å². The van der Waals surface area contributed by atoms with Crippen molar-refractivity contribution in [1.82, 2.24) is 0 Å². The fraction of sp³-hybridized carbons (Fsp3) is 0.400. The van der Waals surface area contributed by atoms with Crippen LogP contribution in [0, 0.1) is 12.7 Å². The summed E-state index contributed by atoms with van der Waals surface area (Å²) in [5, 5.41) is 0. The van der Waals surface area contributed by atoms with E-state index in [2.05, 4.69) is 0 Å². The summed E-state index contributed by atoms with van der Waals surface area (Å²) in [4.78, 5) is 0. The van der Waals surface area contributed by atoms with E-state index in [0.29, 0.717) is 5.56 Å². The van der Waals surface area contributed by atoms with Gasteiger partial charge >= 0.3 is 0 Å². The second-order valence-corrected chi connectivity index (χ2v) is 3.63. The van der Waals surface area contributed by atoms with E-state index in [-0.39, 0.29) is 18.2 Å². The minimum atomic E-state index is -0.466. The molecular weight excluding hydrogens is 189 g/mol. The second-order valence-electron chi connectivity index (χ2n) is 3.63. The fourth-order valence-electron chi connectivity index (χ4n) is 1.31. The zero-order chi connectivity index (χ0) is 9.35. The van der Waals surface area contributed by atoms with Gasteiger partial charge in [-0.2, -0.15) is 0 Å². The summed E-state index contributed by atoms with van der Waals surface area (Å²) in [7, 11) is 0. The van der Waals surface area contributed by atoms with Crippen molar-refractivity contribution in [2.45, 2.75) is 26.3 Å². The van der Waals surface area contributed by atoms with Crippen LogP contribution in [0.5, 0.6) is 0 Å². The molecule has 0 saturated heterocycles. The molecular formula is C10H15ClFN. The van der Waals surface area contributed by atoms with E-state index < -0.39 is 5.54 Å². The highest BCUT2D eigenvalue weighted by Crippen LogP contribution is 2.22. The van der Waals surface area contributed by atoms with Crippen LogP contribution in [0.1, 0.15) is 25.0 Å². The van der Waals surface area contributed by atoms with Crippen LogP contribution in [0.25, 0.3) is 0 Å². The topological polar surface area (TPSA) is 26.0 Å². The van der Waals surface area contributed by atoms with Gasteiger partial charge in [0.15, 0.2) is 0 Å². The van der Waals surface area contributed by atoms with Crippen LogP contribution in [-0.4, -0.2) is 0 Å². The zero-order valence-corrected chi connectivity index (χ0v) is 8.91. The first-order valence-corrected chi connectivity index (χ1v) is 3.97. The molecule has 1 aromatic rings. The van der Waals surface area contributed by atoms with E-state index in [9.17, 15) is 4.39 Å². The third-order valence-electron chi connectivity index (χ3n) is 1.96. The van der Waals surface area contributed by atoms with Crippen molar-refractivity contribution in [1.29, 1.82) is 0 Å². The van der Waals surface area contributed by atoms with Crippen molar-refractivity contribution < 1.29 is 4.39 Å². The quantitative estimate of drug-likeness (QED) is 0.747. The molecule has 0 amide bonds. The van der Waals surface area contributed by atoms with Gasteiger partial charge in [-0.3, -0.25) is 0 Å². The van der Waals surface area contributed by atoms with Crippen molar-refractivity contribution in [3.05, 3.63) is 35.1 Å². The molecule has 1 nitrogen and oxygen atoms in total. The van der Waals surface area contributed by atoms with Gasteiger partial charge in [-0.05, 0) is 38.0 Å². The first-order chi connectivity index (χ1) is 5.43. The summed E-state index contributed by atoms with van der Waals surface area (Å²) in [6.45, 7) is 5.49. The van der Waals surface area contributed by atoms with E-state index in [4.69, 9.17) is 5.73 Å². The Bertz CT molecular complexity index is 291. The van der Waals surface area contributed by atoms with Gasteiger partial charge in [-0.1, -0.05) is 12.1 Å². The van der Waals surface area contributed by atoms with Gasteiger partial charge in [0.25, 0.3) is 0 Å². The Balaban J connectivity index is 0.00000144. The van der Waals surface area contributed by atoms with Gasteiger partial charge in [-0.15, -0.1) is 12.4 Å². The van der Waals surface area contributed by atoms with Gasteiger partial charge < -0.3 is 5.73 Å². The molecule has 0 bridgehead atoms. The Labute approximate surface area is 84.5 Å². The van der Waals surface area contributed by atoms with Crippen LogP contribution in [0.3, 0.4) is 0 Å². The molecule has 0 atom stereocenters. The first kappa shape index (κ1) is 12.4. The summed E-state index contributed by atoms with van der Waals surface area (Å²) in [6, 6.07) is 5.00. The van der Waals surface area contributed by atoms with Gasteiger partial charge in [0.05, 0.1) is 0 Å². The highest BCUT2D eigenvalue weighted by Gasteiger charge is 2.17. The highest BCUT2D eigenvalue weighted by molar-refractivity contribution is 5.85. The lowest BCUT2D eigenvalue weighted by atomic mass is 9.91. The predicted octanol–water partition coefficient (Wildman–Crippen LogP) is 2.75. The molecule has 0 aliphatic heterocycles. The Morgan fingerprint density at radius 2 is 1.85 bits per heavy atom. The third-order valence-corrected chi connectivity index (χ3v) is 1.96. The fourth-order valence-corrected chi connectivity index (χ4v) is 1.31. The van der Waals surface area contributed by atoms with Crippen LogP contribution in [-0.2, 0) is 5.54 Å². The molecule has 2 N–H and O–H groups in total. The van der Waals surface area contributed by atoms with Crippen molar-refractivity contribution in [2.24, 2.45) is 5.73 Å². The lowest BCUT2D eigenvalue weighted by Crippen LogP contribution is -2.29. The highest BCUT2D eigenvalue weighted by atomic mass is 35.5. The molecule has 1 aromatic carbocycles. The maximum Gasteiger partial charge on any atom is 0.126 e. The molecule has 3 heteroatoms. The van der Waals surface area contributed by atoms with E-state index in [1.807, 2.05) is 19.9 Å². The number of hydrogen-bond donors (Lipinski definition) is 1. The minimum absolute atomic E-state index is 0. The third kappa shape index (κ3) is 2.68. The lowest BCUT2D eigenvalue weighted by molar-refractivity contribution is 0.536. The largest absolute Gasteiger partial charge is 0.322 e. The predicted molar refractivity (Wildman–Crippen MR) is 55.6 cm³/mol. The first-order valence-electron chi connectivity index (χ1n) is 3.97. The average molecular weight is 204 g/mol. The minimum Gasteiger partial charge on any atom is -0.322 e. The van der Waals surface area contributed by atoms with Crippen LogP contribution in [0.15, 0.2) is 18.2 Å². The number of benzene rings is 1. The van der Waals surface area contributed by atoms with Crippen LogP contribution in [0.4, 0.5) is 4.39 Å². The SMILES string of the molecule is Cc1c(F)cccc1C(C)(C)N.Cl. The molecule has 0 aliphatic rings. The van der Waals surface area contributed by atoms with E-state index in [1.54, 1.807) is 13.0 Å². The number of hydrogen-bond acceptors (Lipinski definition) is 1. The lowest BCUT2D eigenvalue weighted by Gasteiger charge is -2.21. The summed E-state index contributed by atoms with van der Waals surface area (Å²) < 4.78 is 13.1. The molecule has 0 aliphatic carbocycles. The molecule has 0 heterocycles. The molecule has 0 unspecified atom stereocenters. The summed E-state index contributed by atoms with van der Waals surface area (Å²) in [5.74, 6) is -0.189. The number of nitrogens with two attached hydrogens (primary N) is 1. The molecule has 0 spiro atoms. The smallest absolute Gasteiger partial charge is 0.126 e. The Morgan fingerprint density at radius 3 is 2.23 bits per heavy atom. The van der Waals surface area contributed by atoms with Gasteiger partial charge in [0.1, 0.15) is 5.82 Å². The molecule has 13 heavy (non-hydrogen) atoms. The van der Waals surface area contributed by atoms with Crippen LogP contribution < -0.4 is 5.73 Å². The maximum absolute atomic E-state index is 13.1. The van der Waals surface area contributed by atoms with E-state index in [0.717, 1.165) is 5.56 Å². The van der Waals surface area contributed by atoms with Crippen LogP contribution >= 0.6 is 12.4 Å². The Morgan fingerprint density at radius 1 is 1.31 bits per heavy atom. The number of halogens is 2. The van der Waals surface area contributed by atoms with Crippen molar-refractivity contribution in [2.75, 3.05) is 0 Å². The summed E-state index contributed by atoms with van der Waals surface area (Å²) in [5.41, 5.74) is 6.90. The molecule has 0 fully saturated rings. The maximum atomic E-state index is 13.1. The zero-order valence-electron chi connectivity index (χ0n) is 8.10. The second kappa shape index (κ2) is 4.07. The molecule has 1 rings (SSSR count). The average Bonchev–Trinajstić information content (AvgIpc) is 1.92. The molecule has 0 aromatic heterocycles. The van der Waals surface area contributed by atoms with Crippen molar-refractivity contribution in [3.63, 3.8) is 0 Å². The number of rotatable bonds is 1. The van der Waals surface area contributed by atoms with Gasteiger partial charge in [0.2, 0.25) is 0 Å². The van der Waals surface area contributed by atoms with E-state index >= 15 is 0 Å². The van der Waals surface area contributed by atoms with E-state index in [1.165, 1.54) is 6.07 Å². The molecule has 0 saturated carbocycles. The Kier molecular flexibility index (Phi) is 3.88. The van der Waals surface area contributed by atoms with Crippen molar-refractivity contribution >= 4 is 12.4 Å². The summed E-state index contributed by atoms with van der Waals surface area (Å²) in [6.07, 6.45) is 0. The van der Waals surface area contributed by atoms with Crippen molar-refractivity contribution in [3.8, 4) is 0 Å². The summed E-state index contributed by atoms with van der Waals surface area (Å²) >= 11 is 0. The molecule has 74 valence electrons.